The van der Waals surface area contributed by atoms with Gasteiger partial charge in [0.15, 0.2) is 11.5 Å². The fourth-order valence-electron chi connectivity index (χ4n) is 4.18. The Morgan fingerprint density at radius 3 is 2.58 bits per heavy atom. The molecule has 0 bridgehead atoms. The number of nitrogens with one attached hydrogen (secondary N) is 3. The standard InChI is InChI=1S/C26H25N3O6S/c30-25-11-7-19-14-20(8-9-21(19)28-25)36(32,33)29-22(12-17-4-2-1-3-5-17)26(31)27-15-18-6-10-23-24(13-18)35-16-34-23/h1-6,8-10,13-14,22,29H,7,11-12,15-16H2,(H,27,31)(H,28,30)/t22-/m0/s1. The molecule has 2 aliphatic heterocycles. The molecule has 186 valence electrons. The number of aryl methyl sites for hydroxylation is 1. The lowest BCUT2D eigenvalue weighted by molar-refractivity contribution is -0.123. The first-order valence-electron chi connectivity index (χ1n) is 11.5. The van der Waals surface area contributed by atoms with Gasteiger partial charge in [0.2, 0.25) is 28.6 Å². The Labute approximate surface area is 208 Å². The van der Waals surface area contributed by atoms with Crippen LogP contribution in [-0.2, 0) is 39.0 Å². The number of rotatable bonds is 8. The van der Waals surface area contributed by atoms with Gasteiger partial charge in [-0.05, 0) is 59.9 Å². The Hall–Kier alpha value is -3.89. The largest absolute Gasteiger partial charge is 0.454 e. The van der Waals surface area contributed by atoms with E-state index in [1.807, 2.05) is 36.4 Å². The molecule has 2 heterocycles. The molecule has 1 atom stereocenters. The van der Waals surface area contributed by atoms with Gasteiger partial charge in [0.05, 0.1) is 4.90 Å². The lowest BCUT2D eigenvalue weighted by Crippen LogP contribution is -2.47. The number of carbonyl (C=O) groups excluding carboxylic acids is 2. The molecule has 9 nitrogen and oxygen atoms in total. The summed E-state index contributed by atoms with van der Waals surface area (Å²) in [5.74, 6) is 0.694. The second kappa shape index (κ2) is 10.00. The first kappa shape index (κ1) is 23.8. The number of fused-ring (bicyclic) bond motifs is 2. The van der Waals surface area contributed by atoms with E-state index in [-0.39, 0.29) is 30.6 Å². The summed E-state index contributed by atoms with van der Waals surface area (Å²) in [6.07, 6.45) is 0.921. The maximum atomic E-state index is 13.3. The number of sulfonamides is 1. The number of benzene rings is 3. The molecular weight excluding hydrogens is 482 g/mol. The topological polar surface area (TPSA) is 123 Å². The van der Waals surface area contributed by atoms with Crippen LogP contribution in [0.5, 0.6) is 11.5 Å². The Bertz CT molecular complexity index is 1410. The summed E-state index contributed by atoms with van der Waals surface area (Å²) in [5, 5.41) is 5.57. The minimum absolute atomic E-state index is 0.0408. The molecule has 5 rings (SSSR count). The van der Waals surface area contributed by atoms with Gasteiger partial charge in [-0.2, -0.15) is 4.72 Å². The summed E-state index contributed by atoms with van der Waals surface area (Å²) in [4.78, 5) is 24.9. The average Bonchev–Trinajstić information content (AvgIpc) is 3.35. The first-order chi connectivity index (χ1) is 17.4. The van der Waals surface area contributed by atoms with Gasteiger partial charge >= 0.3 is 0 Å². The highest BCUT2D eigenvalue weighted by Gasteiger charge is 2.27. The number of ether oxygens (including phenoxy) is 2. The molecule has 3 N–H and O–H groups in total. The molecule has 3 aromatic rings. The third-order valence-electron chi connectivity index (χ3n) is 6.08. The molecule has 10 heteroatoms. The Balaban J connectivity index is 1.34. The second-order valence-electron chi connectivity index (χ2n) is 8.64. The van der Waals surface area contributed by atoms with Crippen LogP contribution in [0.25, 0.3) is 0 Å². The summed E-state index contributed by atoms with van der Waals surface area (Å²) < 4.78 is 39.8. The van der Waals surface area contributed by atoms with Crippen LogP contribution in [0, 0.1) is 0 Å². The van der Waals surface area contributed by atoms with Gasteiger partial charge in [-0.25, -0.2) is 8.42 Å². The average molecular weight is 508 g/mol. The number of hydrogen-bond acceptors (Lipinski definition) is 6. The van der Waals surface area contributed by atoms with Gasteiger partial charge < -0.3 is 20.1 Å². The number of hydrogen-bond donors (Lipinski definition) is 3. The number of carbonyl (C=O) groups is 2. The molecule has 0 aliphatic carbocycles. The van der Waals surface area contributed by atoms with E-state index < -0.39 is 22.0 Å². The zero-order valence-corrected chi connectivity index (χ0v) is 20.1. The van der Waals surface area contributed by atoms with Crippen LogP contribution in [0.2, 0.25) is 0 Å². The lowest BCUT2D eigenvalue weighted by atomic mass is 10.0. The zero-order chi connectivity index (χ0) is 25.1. The molecule has 2 amide bonds. The van der Waals surface area contributed by atoms with Crippen LogP contribution in [0.15, 0.2) is 71.6 Å². The van der Waals surface area contributed by atoms with Crippen LogP contribution in [0.3, 0.4) is 0 Å². The quantitative estimate of drug-likeness (QED) is 0.431. The highest BCUT2D eigenvalue weighted by Crippen LogP contribution is 2.32. The number of amides is 2. The predicted octanol–water partition coefficient (Wildman–Crippen LogP) is 2.51. The van der Waals surface area contributed by atoms with Crippen molar-refractivity contribution >= 4 is 27.5 Å². The molecule has 2 aliphatic rings. The van der Waals surface area contributed by atoms with Crippen LogP contribution >= 0.6 is 0 Å². The SMILES string of the molecule is O=C1CCc2cc(S(=O)(=O)N[C@@H](Cc3ccccc3)C(=O)NCc3ccc4c(c3)OCO4)ccc2N1. The van der Waals surface area contributed by atoms with E-state index in [0.29, 0.717) is 30.0 Å². The molecule has 0 saturated carbocycles. The third kappa shape index (κ3) is 5.34. The highest BCUT2D eigenvalue weighted by molar-refractivity contribution is 7.89. The van der Waals surface area contributed by atoms with Crippen LogP contribution in [0.1, 0.15) is 23.1 Å². The molecule has 36 heavy (non-hydrogen) atoms. The van der Waals surface area contributed by atoms with E-state index in [1.54, 1.807) is 24.3 Å². The first-order valence-corrected chi connectivity index (χ1v) is 13.0. The van der Waals surface area contributed by atoms with E-state index in [2.05, 4.69) is 15.4 Å². The second-order valence-corrected chi connectivity index (χ2v) is 10.4. The summed E-state index contributed by atoms with van der Waals surface area (Å²) in [7, 11) is -4.02. The van der Waals surface area contributed by atoms with Crippen molar-refractivity contribution in [2.75, 3.05) is 12.1 Å². The minimum Gasteiger partial charge on any atom is -0.454 e. The number of anilines is 1. The lowest BCUT2D eigenvalue weighted by Gasteiger charge is -2.21. The van der Waals surface area contributed by atoms with E-state index in [4.69, 9.17) is 9.47 Å². The van der Waals surface area contributed by atoms with E-state index in [9.17, 15) is 18.0 Å². The third-order valence-corrected chi connectivity index (χ3v) is 7.55. The van der Waals surface area contributed by atoms with Crippen molar-refractivity contribution in [2.24, 2.45) is 0 Å². The van der Waals surface area contributed by atoms with Crippen molar-refractivity contribution in [3.63, 3.8) is 0 Å². The monoisotopic (exact) mass is 507 g/mol. The molecular formula is C26H25N3O6S. The highest BCUT2D eigenvalue weighted by atomic mass is 32.2. The maximum absolute atomic E-state index is 13.3. The van der Waals surface area contributed by atoms with Crippen LogP contribution in [-0.4, -0.2) is 33.1 Å². The molecule has 0 unspecified atom stereocenters. The van der Waals surface area contributed by atoms with Gasteiger partial charge in [-0.1, -0.05) is 36.4 Å². The molecule has 0 saturated heterocycles. The van der Waals surface area contributed by atoms with Gasteiger partial charge in [-0.3, -0.25) is 9.59 Å². The smallest absolute Gasteiger partial charge is 0.241 e. The Kier molecular flexibility index (Phi) is 6.62. The molecule has 0 aromatic heterocycles. The molecule has 0 radical (unpaired) electrons. The van der Waals surface area contributed by atoms with E-state index in [1.165, 1.54) is 6.07 Å². The van der Waals surface area contributed by atoms with Crippen molar-refractivity contribution < 1.29 is 27.5 Å². The Morgan fingerprint density at radius 1 is 0.944 bits per heavy atom. The van der Waals surface area contributed by atoms with Crippen molar-refractivity contribution in [3.8, 4) is 11.5 Å². The molecule has 0 spiro atoms. The summed E-state index contributed by atoms with van der Waals surface area (Å²) >= 11 is 0. The van der Waals surface area contributed by atoms with Gasteiger partial charge in [0.25, 0.3) is 0 Å². The molecule has 0 fully saturated rings. The van der Waals surface area contributed by atoms with Crippen molar-refractivity contribution in [2.45, 2.75) is 36.7 Å². The summed E-state index contributed by atoms with van der Waals surface area (Å²) in [6.45, 7) is 0.349. The normalized spacial score (nSPS) is 15.1. The zero-order valence-electron chi connectivity index (χ0n) is 19.3. The minimum atomic E-state index is -4.02. The van der Waals surface area contributed by atoms with Crippen LogP contribution < -0.4 is 24.8 Å². The summed E-state index contributed by atoms with van der Waals surface area (Å²) in [6, 6.07) is 18.1. The van der Waals surface area contributed by atoms with Crippen LogP contribution in [0.4, 0.5) is 5.69 Å². The van der Waals surface area contributed by atoms with Gasteiger partial charge in [-0.15, -0.1) is 0 Å². The fourth-order valence-corrected chi connectivity index (χ4v) is 5.43. The Morgan fingerprint density at radius 2 is 1.75 bits per heavy atom. The summed E-state index contributed by atoms with van der Waals surface area (Å²) in [5.41, 5.74) is 2.96. The van der Waals surface area contributed by atoms with Gasteiger partial charge in [0, 0.05) is 18.7 Å². The van der Waals surface area contributed by atoms with E-state index in [0.717, 1.165) is 16.7 Å². The van der Waals surface area contributed by atoms with Crippen molar-refractivity contribution in [1.82, 2.24) is 10.0 Å². The predicted molar refractivity (Wildman–Crippen MR) is 132 cm³/mol. The van der Waals surface area contributed by atoms with Crippen molar-refractivity contribution in [1.29, 1.82) is 0 Å². The van der Waals surface area contributed by atoms with Gasteiger partial charge in [0.1, 0.15) is 6.04 Å². The molecule has 3 aromatic carbocycles. The van der Waals surface area contributed by atoms with E-state index >= 15 is 0 Å². The maximum Gasteiger partial charge on any atom is 0.241 e. The fraction of sp³-hybridized carbons (Fsp3) is 0.231. The van der Waals surface area contributed by atoms with Crippen molar-refractivity contribution in [3.05, 3.63) is 83.4 Å².